The Labute approximate surface area is 177 Å². The second-order valence-electron chi connectivity index (χ2n) is 7.54. The molecule has 0 fully saturated rings. The van der Waals surface area contributed by atoms with Crippen LogP contribution in [-0.2, 0) is 14.3 Å². The predicted octanol–water partition coefficient (Wildman–Crippen LogP) is 4.84. The maximum Gasteiger partial charge on any atom is 0.331 e. The van der Waals surface area contributed by atoms with Crippen molar-refractivity contribution in [3.63, 3.8) is 0 Å². The first kappa shape index (κ1) is 23.0. The summed E-state index contributed by atoms with van der Waals surface area (Å²) in [6, 6.07) is 10.7. The standard InChI is InChI=1S/C24H29NO5/c1-15(2)18-7-6-8-19(16(3)4)24(18)25-22(27)14-30-23(28)12-10-17-9-11-20(26)21(13-17)29-5/h6-13,15-16,26H,14H2,1-5H3,(H,25,27)/b12-10+. The Morgan fingerprint density at radius 3 is 2.27 bits per heavy atom. The van der Waals surface area contributed by atoms with E-state index in [0.29, 0.717) is 11.3 Å². The van der Waals surface area contributed by atoms with Gasteiger partial charge in [0, 0.05) is 11.8 Å². The normalized spacial score (nSPS) is 11.2. The van der Waals surface area contributed by atoms with Crippen molar-refractivity contribution in [2.75, 3.05) is 19.0 Å². The minimum atomic E-state index is -0.640. The monoisotopic (exact) mass is 411 g/mol. The number of hydrogen-bond acceptors (Lipinski definition) is 5. The average Bonchev–Trinajstić information content (AvgIpc) is 2.71. The van der Waals surface area contributed by atoms with Crippen molar-refractivity contribution in [1.29, 1.82) is 0 Å². The van der Waals surface area contributed by atoms with Gasteiger partial charge in [0.2, 0.25) is 0 Å². The summed E-state index contributed by atoms with van der Waals surface area (Å²) in [7, 11) is 1.44. The quantitative estimate of drug-likeness (QED) is 0.479. The summed E-state index contributed by atoms with van der Waals surface area (Å²) < 4.78 is 10.1. The van der Waals surface area contributed by atoms with E-state index in [4.69, 9.17) is 9.47 Å². The van der Waals surface area contributed by atoms with Gasteiger partial charge in [0.15, 0.2) is 18.1 Å². The molecular formula is C24H29NO5. The van der Waals surface area contributed by atoms with Gasteiger partial charge < -0.3 is 19.9 Å². The lowest BCUT2D eigenvalue weighted by Gasteiger charge is -2.20. The van der Waals surface area contributed by atoms with E-state index in [9.17, 15) is 14.7 Å². The number of carbonyl (C=O) groups is 2. The maximum atomic E-state index is 12.4. The first-order valence-corrected chi connectivity index (χ1v) is 9.87. The molecule has 0 unspecified atom stereocenters. The minimum Gasteiger partial charge on any atom is -0.504 e. The van der Waals surface area contributed by atoms with E-state index in [-0.39, 0.29) is 24.2 Å². The number of esters is 1. The van der Waals surface area contributed by atoms with E-state index in [0.717, 1.165) is 16.8 Å². The molecule has 0 heterocycles. The van der Waals surface area contributed by atoms with Crippen molar-refractivity contribution in [2.24, 2.45) is 0 Å². The number of phenolic OH excluding ortho intramolecular Hbond substituents is 1. The average molecular weight is 411 g/mol. The molecule has 0 saturated carbocycles. The molecule has 0 aliphatic rings. The Kier molecular flexibility index (Phi) is 8.04. The lowest BCUT2D eigenvalue weighted by Crippen LogP contribution is -2.22. The van der Waals surface area contributed by atoms with E-state index in [1.807, 2.05) is 18.2 Å². The number of anilines is 1. The summed E-state index contributed by atoms with van der Waals surface area (Å²) in [5.41, 5.74) is 3.53. The van der Waals surface area contributed by atoms with Gasteiger partial charge in [0.25, 0.3) is 5.91 Å². The molecule has 6 nitrogen and oxygen atoms in total. The lowest BCUT2D eigenvalue weighted by atomic mass is 9.92. The van der Waals surface area contributed by atoms with Crippen LogP contribution in [0.1, 0.15) is 56.2 Å². The van der Waals surface area contributed by atoms with E-state index < -0.39 is 11.9 Å². The van der Waals surface area contributed by atoms with Crippen LogP contribution in [-0.4, -0.2) is 30.7 Å². The van der Waals surface area contributed by atoms with Crippen molar-refractivity contribution in [2.45, 2.75) is 39.5 Å². The van der Waals surface area contributed by atoms with Crippen LogP contribution in [0.5, 0.6) is 11.5 Å². The molecule has 0 aromatic heterocycles. The molecule has 0 aliphatic heterocycles. The van der Waals surface area contributed by atoms with Gasteiger partial charge in [-0.2, -0.15) is 0 Å². The molecule has 6 heteroatoms. The Hall–Kier alpha value is -3.28. The molecule has 160 valence electrons. The summed E-state index contributed by atoms with van der Waals surface area (Å²) in [4.78, 5) is 24.4. The van der Waals surface area contributed by atoms with Crippen LogP contribution >= 0.6 is 0 Å². The molecule has 30 heavy (non-hydrogen) atoms. The first-order chi connectivity index (χ1) is 14.2. The highest BCUT2D eigenvalue weighted by Crippen LogP contribution is 2.32. The third kappa shape index (κ3) is 6.11. The van der Waals surface area contributed by atoms with Gasteiger partial charge in [-0.3, -0.25) is 4.79 Å². The second kappa shape index (κ2) is 10.5. The largest absolute Gasteiger partial charge is 0.504 e. The Morgan fingerprint density at radius 1 is 1.07 bits per heavy atom. The third-order valence-corrected chi connectivity index (χ3v) is 4.60. The number of benzene rings is 2. The predicted molar refractivity (Wildman–Crippen MR) is 118 cm³/mol. The van der Waals surface area contributed by atoms with Crippen LogP contribution in [0.15, 0.2) is 42.5 Å². The molecule has 0 saturated heterocycles. The third-order valence-electron chi connectivity index (χ3n) is 4.60. The van der Waals surface area contributed by atoms with Crippen LogP contribution in [0.3, 0.4) is 0 Å². The minimum absolute atomic E-state index is 0.0105. The van der Waals surface area contributed by atoms with Gasteiger partial charge in [-0.15, -0.1) is 0 Å². The molecule has 0 atom stereocenters. The van der Waals surface area contributed by atoms with Gasteiger partial charge in [-0.25, -0.2) is 4.79 Å². The zero-order chi connectivity index (χ0) is 22.3. The molecule has 0 aliphatic carbocycles. The van der Waals surface area contributed by atoms with Gasteiger partial charge in [-0.1, -0.05) is 52.0 Å². The van der Waals surface area contributed by atoms with E-state index in [1.165, 1.54) is 25.3 Å². The Morgan fingerprint density at radius 2 is 1.70 bits per heavy atom. The number of rotatable bonds is 8. The van der Waals surface area contributed by atoms with E-state index in [2.05, 4.69) is 33.0 Å². The number of para-hydroxylation sites is 1. The van der Waals surface area contributed by atoms with E-state index in [1.54, 1.807) is 12.1 Å². The van der Waals surface area contributed by atoms with Crippen LogP contribution in [0.4, 0.5) is 5.69 Å². The molecule has 0 spiro atoms. The van der Waals surface area contributed by atoms with E-state index >= 15 is 0 Å². The highest BCUT2D eigenvalue weighted by atomic mass is 16.5. The smallest absolute Gasteiger partial charge is 0.331 e. The number of nitrogens with one attached hydrogen (secondary N) is 1. The van der Waals surface area contributed by atoms with Crippen molar-refractivity contribution >= 4 is 23.6 Å². The lowest BCUT2D eigenvalue weighted by molar-refractivity contribution is -0.142. The highest BCUT2D eigenvalue weighted by Gasteiger charge is 2.16. The first-order valence-electron chi connectivity index (χ1n) is 9.87. The molecule has 2 aromatic rings. The molecule has 0 bridgehead atoms. The number of phenols is 1. The second-order valence-corrected chi connectivity index (χ2v) is 7.54. The summed E-state index contributed by atoms with van der Waals surface area (Å²) in [6.07, 6.45) is 2.74. The van der Waals surface area contributed by atoms with Crippen LogP contribution in [0.25, 0.3) is 6.08 Å². The zero-order valence-electron chi connectivity index (χ0n) is 18.1. The molecule has 2 aromatic carbocycles. The fourth-order valence-electron chi connectivity index (χ4n) is 3.02. The summed E-state index contributed by atoms with van der Waals surface area (Å²) in [6.45, 7) is 7.89. The van der Waals surface area contributed by atoms with Crippen molar-refractivity contribution in [1.82, 2.24) is 0 Å². The van der Waals surface area contributed by atoms with Crippen molar-refractivity contribution < 1.29 is 24.2 Å². The highest BCUT2D eigenvalue weighted by molar-refractivity contribution is 5.96. The fraction of sp³-hybridized carbons (Fsp3) is 0.333. The number of methoxy groups -OCH3 is 1. The van der Waals surface area contributed by atoms with Gasteiger partial charge >= 0.3 is 5.97 Å². The van der Waals surface area contributed by atoms with Crippen LogP contribution in [0.2, 0.25) is 0 Å². The number of ether oxygens (including phenoxy) is 2. The van der Waals surface area contributed by atoms with Crippen molar-refractivity contribution in [3.8, 4) is 11.5 Å². The molecule has 1 amide bonds. The summed E-state index contributed by atoms with van der Waals surface area (Å²) in [5, 5.41) is 12.5. The Bertz CT molecular complexity index is 905. The van der Waals surface area contributed by atoms with Gasteiger partial charge in [-0.05, 0) is 46.7 Å². The summed E-state index contributed by atoms with van der Waals surface area (Å²) >= 11 is 0. The SMILES string of the molecule is COc1cc(/C=C/C(=O)OCC(=O)Nc2c(C(C)C)cccc2C(C)C)ccc1O. The summed E-state index contributed by atoms with van der Waals surface area (Å²) in [5.74, 6) is -0.235. The molecular weight excluding hydrogens is 382 g/mol. The molecule has 2 rings (SSSR count). The number of aromatic hydroxyl groups is 1. The Balaban J connectivity index is 2.00. The zero-order valence-corrected chi connectivity index (χ0v) is 18.1. The molecule has 0 radical (unpaired) electrons. The van der Waals surface area contributed by atoms with Crippen molar-refractivity contribution in [3.05, 3.63) is 59.2 Å². The van der Waals surface area contributed by atoms with Gasteiger partial charge in [0.05, 0.1) is 7.11 Å². The number of hydrogen-bond donors (Lipinski definition) is 2. The maximum absolute atomic E-state index is 12.4. The van der Waals surface area contributed by atoms with Gasteiger partial charge in [0.1, 0.15) is 0 Å². The van der Waals surface area contributed by atoms with Crippen LogP contribution in [0, 0.1) is 0 Å². The number of carbonyl (C=O) groups excluding carboxylic acids is 2. The number of amides is 1. The van der Waals surface area contributed by atoms with Crippen LogP contribution < -0.4 is 10.1 Å². The topological polar surface area (TPSA) is 84.9 Å². The molecule has 2 N–H and O–H groups in total. The fourth-order valence-corrected chi connectivity index (χ4v) is 3.02.